The smallest absolute Gasteiger partial charge is 0.259 e. The average Bonchev–Trinajstić information content (AvgIpc) is 2.83. The van der Waals surface area contributed by atoms with Gasteiger partial charge >= 0.3 is 0 Å². The van der Waals surface area contributed by atoms with Crippen molar-refractivity contribution < 1.29 is 9.90 Å². The Balaban J connectivity index is 1.80. The molecule has 2 aliphatic rings. The second-order valence-corrected chi connectivity index (χ2v) is 7.14. The molecule has 0 unspecified atom stereocenters. The van der Waals surface area contributed by atoms with Gasteiger partial charge in [0.05, 0.1) is 17.3 Å². The highest BCUT2D eigenvalue weighted by Crippen LogP contribution is 2.48. The number of hydrogen-bond acceptors (Lipinski definition) is 4. The maximum absolute atomic E-state index is 13.3. The first kappa shape index (κ1) is 16.6. The van der Waals surface area contributed by atoms with E-state index in [1.807, 2.05) is 17.9 Å². The number of nitriles is 1. The van der Waals surface area contributed by atoms with Crippen LogP contribution >= 0.6 is 12.2 Å². The minimum absolute atomic E-state index is 0.0223. The van der Waals surface area contributed by atoms with E-state index in [9.17, 15) is 9.90 Å². The molecule has 0 bridgehead atoms. The fraction of sp³-hybridized carbons (Fsp3) is 0.250. The Morgan fingerprint density at radius 1 is 1.15 bits per heavy atom. The zero-order chi connectivity index (χ0) is 18.5. The number of aromatic hydroxyl groups is 1. The van der Waals surface area contributed by atoms with Crippen molar-refractivity contribution in [1.82, 2.24) is 0 Å². The summed E-state index contributed by atoms with van der Waals surface area (Å²) >= 11 is 5.69. The lowest BCUT2D eigenvalue weighted by Gasteiger charge is -2.43. The molecule has 26 heavy (non-hydrogen) atoms. The molecule has 1 amide bonds. The molecule has 130 valence electrons. The van der Waals surface area contributed by atoms with Crippen LogP contribution in [0.4, 0.5) is 11.4 Å². The Morgan fingerprint density at radius 2 is 1.81 bits per heavy atom. The van der Waals surface area contributed by atoms with Gasteiger partial charge in [-0.25, -0.2) is 0 Å². The molecule has 0 aromatic heterocycles. The van der Waals surface area contributed by atoms with Gasteiger partial charge in [0.1, 0.15) is 11.3 Å². The van der Waals surface area contributed by atoms with Gasteiger partial charge in [-0.2, -0.15) is 5.26 Å². The minimum atomic E-state index is -0.643. The van der Waals surface area contributed by atoms with E-state index >= 15 is 0 Å². The Hall–Kier alpha value is -2.91. The van der Waals surface area contributed by atoms with E-state index in [1.165, 1.54) is 0 Å². The number of aryl methyl sites for hydroxylation is 1. The fourth-order valence-corrected chi connectivity index (χ4v) is 4.19. The normalized spacial score (nSPS) is 18.2. The number of hydrogen-bond donors (Lipinski definition) is 1. The summed E-state index contributed by atoms with van der Waals surface area (Å²) in [5, 5.41) is 19.1. The zero-order valence-electron chi connectivity index (χ0n) is 14.3. The first-order valence-corrected chi connectivity index (χ1v) is 8.87. The SMILES string of the molecule is Cc1cc(N2C(=O)C3(CCC3)N(c3ccc(O)cc3)C2=S)ccc1C#N. The molecule has 1 saturated heterocycles. The van der Waals surface area contributed by atoms with Gasteiger partial charge in [0.25, 0.3) is 5.91 Å². The number of phenols is 1. The summed E-state index contributed by atoms with van der Waals surface area (Å²) in [6.45, 7) is 1.85. The van der Waals surface area contributed by atoms with E-state index in [0.717, 1.165) is 30.5 Å². The summed E-state index contributed by atoms with van der Waals surface area (Å²) < 4.78 is 0. The number of benzene rings is 2. The van der Waals surface area contributed by atoms with Crippen molar-refractivity contribution in [2.75, 3.05) is 9.80 Å². The maximum atomic E-state index is 13.3. The molecule has 2 aromatic rings. The molecule has 1 N–H and O–H groups in total. The summed E-state index contributed by atoms with van der Waals surface area (Å²) in [6, 6.07) is 14.2. The van der Waals surface area contributed by atoms with Crippen LogP contribution in [0.25, 0.3) is 0 Å². The monoisotopic (exact) mass is 363 g/mol. The second kappa shape index (κ2) is 5.82. The van der Waals surface area contributed by atoms with Crippen molar-refractivity contribution in [2.24, 2.45) is 0 Å². The van der Waals surface area contributed by atoms with E-state index in [-0.39, 0.29) is 11.7 Å². The largest absolute Gasteiger partial charge is 0.508 e. The first-order valence-electron chi connectivity index (χ1n) is 8.46. The molecule has 2 fully saturated rings. The lowest BCUT2D eigenvalue weighted by Crippen LogP contribution is -2.55. The van der Waals surface area contributed by atoms with Crippen LogP contribution in [0.15, 0.2) is 42.5 Å². The van der Waals surface area contributed by atoms with Crippen LogP contribution in [0.2, 0.25) is 0 Å². The highest BCUT2D eigenvalue weighted by Gasteiger charge is 2.59. The topological polar surface area (TPSA) is 67.6 Å². The molecule has 1 heterocycles. The minimum Gasteiger partial charge on any atom is -0.508 e. The Morgan fingerprint density at radius 3 is 2.35 bits per heavy atom. The second-order valence-electron chi connectivity index (χ2n) is 6.77. The van der Waals surface area contributed by atoms with E-state index in [2.05, 4.69) is 6.07 Å². The molecule has 5 nitrogen and oxygen atoms in total. The van der Waals surface area contributed by atoms with Crippen molar-refractivity contribution >= 4 is 34.6 Å². The predicted molar refractivity (Wildman–Crippen MR) is 103 cm³/mol. The number of carbonyl (C=O) groups is 1. The molecule has 2 aromatic carbocycles. The summed E-state index contributed by atoms with van der Waals surface area (Å²) in [7, 11) is 0. The van der Waals surface area contributed by atoms with E-state index < -0.39 is 5.54 Å². The summed E-state index contributed by atoms with van der Waals surface area (Å²) in [5.74, 6) is 0.151. The van der Waals surface area contributed by atoms with Crippen LogP contribution in [0.3, 0.4) is 0 Å². The molecular formula is C20H17N3O2S. The number of nitrogens with zero attached hydrogens (tertiary/aromatic N) is 3. The average molecular weight is 363 g/mol. The summed E-state index contributed by atoms with van der Waals surface area (Å²) in [6.07, 6.45) is 2.47. The van der Waals surface area contributed by atoms with Crippen LogP contribution < -0.4 is 9.80 Å². The molecule has 4 rings (SSSR count). The number of phenolic OH excluding ortho intramolecular Hbond substituents is 1. The maximum Gasteiger partial charge on any atom is 0.259 e. The van der Waals surface area contributed by atoms with Crippen molar-refractivity contribution in [3.05, 3.63) is 53.6 Å². The Labute approximate surface area is 157 Å². The Bertz CT molecular complexity index is 958. The number of thiocarbonyl (C=S) groups is 1. The number of carbonyl (C=O) groups excluding carboxylic acids is 1. The van der Waals surface area contributed by atoms with Gasteiger partial charge in [0.15, 0.2) is 5.11 Å². The van der Waals surface area contributed by atoms with Gasteiger partial charge in [-0.3, -0.25) is 9.69 Å². The Kier molecular flexibility index (Phi) is 3.70. The van der Waals surface area contributed by atoms with Crippen LogP contribution in [-0.4, -0.2) is 21.7 Å². The fourth-order valence-electron chi connectivity index (χ4n) is 3.72. The van der Waals surface area contributed by atoms with Crippen LogP contribution in [0.1, 0.15) is 30.4 Å². The van der Waals surface area contributed by atoms with Gasteiger partial charge in [-0.15, -0.1) is 0 Å². The molecular weight excluding hydrogens is 346 g/mol. The third-order valence-corrected chi connectivity index (χ3v) is 5.65. The van der Waals surface area contributed by atoms with Crippen molar-refractivity contribution in [3.8, 4) is 11.8 Å². The number of rotatable bonds is 2. The molecule has 1 saturated carbocycles. The van der Waals surface area contributed by atoms with Gasteiger partial charge < -0.3 is 10.0 Å². The van der Waals surface area contributed by atoms with E-state index in [0.29, 0.717) is 16.4 Å². The summed E-state index contributed by atoms with van der Waals surface area (Å²) in [4.78, 5) is 16.8. The highest BCUT2D eigenvalue weighted by atomic mass is 32.1. The number of anilines is 2. The molecule has 0 radical (unpaired) electrons. The number of amides is 1. The third kappa shape index (κ3) is 2.21. The molecule has 1 aliphatic carbocycles. The van der Waals surface area contributed by atoms with Crippen LogP contribution in [-0.2, 0) is 4.79 Å². The zero-order valence-corrected chi connectivity index (χ0v) is 15.1. The van der Waals surface area contributed by atoms with Crippen LogP contribution in [0, 0.1) is 18.3 Å². The molecule has 6 heteroatoms. The van der Waals surface area contributed by atoms with Gasteiger partial charge in [-0.05, 0) is 86.4 Å². The van der Waals surface area contributed by atoms with E-state index in [1.54, 1.807) is 41.3 Å². The first-order chi connectivity index (χ1) is 12.5. The molecule has 1 spiro atoms. The quantitative estimate of drug-likeness (QED) is 0.825. The standard InChI is InChI=1S/C20H17N3O2S/c1-13-11-16(4-3-14(13)12-21)22-18(25)20(9-2-10-20)23(19(22)26)15-5-7-17(24)8-6-15/h3-8,11,24H,2,9-10H2,1H3. The third-order valence-electron chi connectivity index (χ3n) is 5.29. The highest BCUT2D eigenvalue weighted by molar-refractivity contribution is 7.81. The van der Waals surface area contributed by atoms with Crippen molar-refractivity contribution in [3.63, 3.8) is 0 Å². The lowest BCUT2D eigenvalue weighted by atomic mass is 9.75. The molecule has 0 atom stereocenters. The van der Waals surface area contributed by atoms with Gasteiger partial charge in [-0.1, -0.05) is 0 Å². The van der Waals surface area contributed by atoms with Crippen molar-refractivity contribution in [1.29, 1.82) is 5.26 Å². The van der Waals surface area contributed by atoms with Crippen LogP contribution in [0.5, 0.6) is 5.75 Å². The van der Waals surface area contributed by atoms with E-state index in [4.69, 9.17) is 17.5 Å². The van der Waals surface area contributed by atoms with Gasteiger partial charge in [0.2, 0.25) is 0 Å². The van der Waals surface area contributed by atoms with Gasteiger partial charge in [0, 0.05) is 5.69 Å². The summed E-state index contributed by atoms with van der Waals surface area (Å²) in [5.41, 5.74) is 2.24. The van der Waals surface area contributed by atoms with Crippen molar-refractivity contribution in [2.45, 2.75) is 31.7 Å². The lowest BCUT2D eigenvalue weighted by molar-refractivity contribution is -0.123. The predicted octanol–water partition coefficient (Wildman–Crippen LogP) is 3.63. The molecule has 1 aliphatic heterocycles.